The molecule has 1 unspecified atom stereocenters. The smallest absolute Gasteiger partial charge is 0.407 e. The van der Waals surface area contributed by atoms with Crippen molar-refractivity contribution in [1.82, 2.24) is 9.29 Å². The van der Waals surface area contributed by atoms with Crippen molar-refractivity contribution < 1.29 is 26.4 Å². The standard InChI is InChI=1S/C21H24ClN3O6S2/c1-21(2,3)31-20(26)24-13-18(23)32(27,28)19-12-14-11-15(22)9-10-17(14)25(19)33(29,30)16-7-5-4-6-8-16/h4-12,18H,13,23H2,1-3H3,(H,24,26). The van der Waals surface area contributed by atoms with Gasteiger partial charge in [-0.15, -0.1) is 0 Å². The predicted molar refractivity (Wildman–Crippen MR) is 125 cm³/mol. The highest BCUT2D eigenvalue weighted by Crippen LogP contribution is 2.31. The van der Waals surface area contributed by atoms with Gasteiger partial charge in [0.25, 0.3) is 10.0 Å². The van der Waals surface area contributed by atoms with Crippen LogP contribution in [-0.2, 0) is 24.6 Å². The summed E-state index contributed by atoms with van der Waals surface area (Å²) in [4.78, 5) is 11.8. The fraction of sp³-hybridized carbons (Fsp3) is 0.286. The second-order valence-electron chi connectivity index (χ2n) is 8.23. The zero-order valence-electron chi connectivity index (χ0n) is 18.1. The predicted octanol–water partition coefficient (Wildman–Crippen LogP) is 3.11. The molecule has 3 rings (SSSR count). The summed E-state index contributed by atoms with van der Waals surface area (Å²) in [5, 5.41) is 0.720. The highest BCUT2D eigenvalue weighted by Gasteiger charge is 2.34. The molecule has 1 aromatic heterocycles. The van der Waals surface area contributed by atoms with Gasteiger partial charge in [0.1, 0.15) is 11.0 Å². The first-order chi connectivity index (χ1) is 15.2. The van der Waals surface area contributed by atoms with Gasteiger partial charge in [-0.2, -0.15) is 0 Å². The molecule has 2 aromatic carbocycles. The molecular formula is C21H24ClN3O6S2. The molecule has 3 N–H and O–H groups in total. The maximum absolute atomic E-state index is 13.4. The van der Waals surface area contributed by atoms with E-state index in [0.29, 0.717) is 10.4 Å². The van der Waals surface area contributed by atoms with Crippen molar-refractivity contribution in [2.45, 2.75) is 41.7 Å². The van der Waals surface area contributed by atoms with Gasteiger partial charge in [0.15, 0.2) is 5.03 Å². The lowest BCUT2D eigenvalue weighted by molar-refractivity contribution is 0.0528. The summed E-state index contributed by atoms with van der Waals surface area (Å²) in [6.07, 6.45) is -0.850. The van der Waals surface area contributed by atoms with Gasteiger partial charge in [-0.25, -0.2) is 25.6 Å². The van der Waals surface area contributed by atoms with Gasteiger partial charge in [-0.05, 0) is 57.2 Å². The molecule has 0 fully saturated rings. The SMILES string of the molecule is CC(C)(C)OC(=O)NCC(N)S(=O)(=O)c1cc2cc(Cl)ccc2n1S(=O)(=O)c1ccccc1. The summed E-state index contributed by atoms with van der Waals surface area (Å²) in [6, 6.07) is 12.9. The van der Waals surface area contributed by atoms with E-state index >= 15 is 0 Å². The maximum Gasteiger partial charge on any atom is 0.407 e. The van der Waals surface area contributed by atoms with E-state index in [4.69, 9.17) is 22.1 Å². The van der Waals surface area contributed by atoms with Gasteiger partial charge in [-0.1, -0.05) is 29.8 Å². The van der Waals surface area contributed by atoms with Crippen LogP contribution in [0.15, 0.2) is 64.5 Å². The molecule has 0 aliphatic heterocycles. The van der Waals surface area contributed by atoms with Crippen LogP contribution in [0.2, 0.25) is 5.02 Å². The van der Waals surface area contributed by atoms with Gasteiger partial charge in [0, 0.05) is 10.4 Å². The highest BCUT2D eigenvalue weighted by molar-refractivity contribution is 7.94. The summed E-state index contributed by atoms with van der Waals surface area (Å²) in [7, 11) is -8.74. The molecule has 0 radical (unpaired) electrons. The number of alkyl carbamates (subject to hydrolysis) is 1. The number of nitrogens with one attached hydrogen (secondary N) is 1. The molecular weight excluding hydrogens is 490 g/mol. The fourth-order valence-electron chi connectivity index (χ4n) is 3.04. The van der Waals surface area contributed by atoms with E-state index in [1.54, 1.807) is 26.8 Å². The Morgan fingerprint density at radius 2 is 1.73 bits per heavy atom. The zero-order chi connectivity index (χ0) is 24.6. The van der Waals surface area contributed by atoms with Crippen LogP contribution in [-0.4, -0.2) is 44.4 Å². The van der Waals surface area contributed by atoms with Gasteiger partial charge < -0.3 is 15.8 Å². The van der Waals surface area contributed by atoms with Crippen LogP contribution in [0.4, 0.5) is 4.79 Å². The Labute approximate surface area is 197 Å². The topological polar surface area (TPSA) is 138 Å². The monoisotopic (exact) mass is 513 g/mol. The molecule has 0 bridgehead atoms. The summed E-state index contributed by atoms with van der Waals surface area (Å²) in [5.41, 5.74) is 5.24. The van der Waals surface area contributed by atoms with Crippen molar-refractivity contribution in [3.8, 4) is 0 Å². The molecule has 9 nitrogen and oxygen atoms in total. The van der Waals surface area contributed by atoms with Crippen molar-refractivity contribution in [1.29, 1.82) is 0 Å². The van der Waals surface area contributed by atoms with Crippen molar-refractivity contribution in [3.05, 3.63) is 59.6 Å². The summed E-state index contributed by atoms with van der Waals surface area (Å²) < 4.78 is 59.4. The molecule has 3 aromatic rings. The Balaban J connectivity index is 2.08. The van der Waals surface area contributed by atoms with Gasteiger partial charge in [0.05, 0.1) is 17.0 Å². The van der Waals surface area contributed by atoms with Crippen LogP contribution in [0.1, 0.15) is 20.8 Å². The lowest BCUT2D eigenvalue weighted by Gasteiger charge is -2.21. The van der Waals surface area contributed by atoms with Crippen LogP contribution in [0.25, 0.3) is 10.9 Å². The minimum absolute atomic E-state index is 0.102. The Morgan fingerprint density at radius 3 is 2.33 bits per heavy atom. The van der Waals surface area contributed by atoms with E-state index in [1.165, 1.54) is 48.5 Å². The summed E-state index contributed by atoms with van der Waals surface area (Å²) in [5.74, 6) is 0. The minimum atomic E-state index is -4.43. The number of sulfone groups is 1. The van der Waals surface area contributed by atoms with Crippen LogP contribution in [0, 0.1) is 0 Å². The number of benzene rings is 2. The molecule has 12 heteroatoms. The van der Waals surface area contributed by atoms with E-state index in [-0.39, 0.29) is 10.4 Å². The number of rotatable bonds is 6. The first-order valence-electron chi connectivity index (χ1n) is 9.81. The summed E-state index contributed by atoms with van der Waals surface area (Å²) >= 11 is 6.03. The van der Waals surface area contributed by atoms with Crippen LogP contribution in [0.5, 0.6) is 0 Å². The number of hydrogen-bond acceptors (Lipinski definition) is 7. The third-order valence-corrected chi connectivity index (χ3v) is 8.45. The van der Waals surface area contributed by atoms with E-state index in [0.717, 1.165) is 3.97 Å². The number of carbonyl (C=O) groups excluding carboxylic acids is 1. The van der Waals surface area contributed by atoms with Crippen molar-refractivity contribution in [2.75, 3.05) is 6.54 Å². The highest BCUT2D eigenvalue weighted by atomic mass is 35.5. The number of nitrogens with two attached hydrogens (primary N) is 1. The molecule has 0 aliphatic rings. The number of amides is 1. The Morgan fingerprint density at radius 1 is 1.09 bits per heavy atom. The molecule has 0 aliphatic carbocycles. The third kappa shape index (κ3) is 5.32. The molecule has 178 valence electrons. The number of aromatic nitrogens is 1. The minimum Gasteiger partial charge on any atom is -0.444 e. The van der Waals surface area contributed by atoms with Crippen molar-refractivity contribution in [3.63, 3.8) is 0 Å². The van der Waals surface area contributed by atoms with Crippen LogP contribution >= 0.6 is 11.6 Å². The quantitative estimate of drug-likeness (QED) is 0.516. The maximum atomic E-state index is 13.4. The zero-order valence-corrected chi connectivity index (χ0v) is 20.5. The normalized spacial score (nSPS) is 13.6. The lowest BCUT2D eigenvalue weighted by Crippen LogP contribution is -2.44. The van der Waals surface area contributed by atoms with Crippen LogP contribution in [0.3, 0.4) is 0 Å². The van der Waals surface area contributed by atoms with E-state index in [9.17, 15) is 21.6 Å². The fourth-order valence-corrected chi connectivity index (χ4v) is 6.49. The number of carbonyl (C=O) groups is 1. The van der Waals surface area contributed by atoms with Crippen LogP contribution < -0.4 is 11.1 Å². The number of ether oxygens (including phenoxy) is 1. The Hall–Kier alpha value is -2.60. The summed E-state index contributed by atoms with van der Waals surface area (Å²) in [6.45, 7) is 4.47. The number of hydrogen-bond donors (Lipinski definition) is 2. The van der Waals surface area contributed by atoms with Crippen molar-refractivity contribution in [2.24, 2.45) is 5.73 Å². The molecule has 1 atom stereocenters. The first-order valence-corrected chi connectivity index (χ1v) is 13.2. The molecule has 0 saturated heterocycles. The lowest BCUT2D eigenvalue weighted by atomic mass is 10.2. The number of halogens is 1. The molecule has 0 saturated carbocycles. The van der Waals surface area contributed by atoms with E-state index in [2.05, 4.69) is 5.32 Å². The second-order valence-corrected chi connectivity index (χ2v) is 12.6. The van der Waals surface area contributed by atoms with E-state index < -0.39 is 48.5 Å². The Kier molecular flexibility index (Phi) is 6.81. The largest absolute Gasteiger partial charge is 0.444 e. The average Bonchev–Trinajstić information content (AvgIpc) is 3.11. The number of nitrogens with zero attached hydrogens (tertiary/aromatic N) is 1. The average molecular weight is 514 g/mol. The Bertz CT molecular complexity index is 1400. The molecule has 1 heterocycles. The third-order valence-electron chi connectivity index (χ3n) is 4.51. The molecule has 0 spiro atoms. The number of fused-ring (bicyclic) bond motifs is 1. The van der Waals surface area contributed by atoms with Gasteiger partial charge in [0.2, 0.25) is 9.84 Å². The molecule has 33 heavy (non-hydrogen) atoms. The van der Waals surface area contributed by atoms with E-state index in [1.807, 2.05) is 0 Å². The van der Waals surface area contributed by atoms with Gasteiger partial charge in [-0.3, -0.25) is 0 Å². The molecule has 1 amide bonds. The first kappa shape index (κ1) is 25.0. The van der Waals surface area contributed by atoms with Gasteiger partial charge >= 0.3 is 6.09 Å². The second kappa shape index (κ2) is 8.98. The van der Waals surface area contributed by atoms with Crippen molar-refractivity contribution >= 4 is 48.5 Å².